The van der Waals surface area contributed by atoms with Gasteiger partial charge in [0.1, 0.15) is 5.70 Å². The number of hydrogen-bond donors (Lipinski definition) is 5. The van der Waals surface area contributed by atoms with E-state index in [0.29, 0.717) is 54.6 Å². The van der Waals surface area contributed by atoms with E-state index in [0.717, 1.165) is 44.0 Å². The van der Waals surface area contributed by atoms with Crippen molar-refractivity contribution in [2.24, 2.45) is 15.7 Å². The van der Waals surface area contributed by atoms with E-state index in [4.69, 9.17) is 17.3 Å². The van der Waals surface area contributed by atoms with Crippen LogP contribution in [0, 0.1) is 0 Å². The molecule has 1 amide bonds. The second-order valence-corrected chi connectivity index (χ2v) is 10.9. The molecule has 0 aromatic heterocycles. The quantitative estimate of drug-likeness (QED) is 0.248. The molecule has 3 aliphatic rings. The van der Waals surface area contributed by atoms with Crippen LogP contribution in [0.2, 0.25) is 5.02 Å². The maximum atomic E-state index is 12.5. The zero-order chi connectivity index (χ0) is 28.7. The number of likely N-dealkylation sites (tertiary alicyclic amines) is 1. The number of carbonyl (C=O) groups is 1. The number of halogens is 1. The van der Waals surface area contributed by atoms with E-state index < -0.39 is 5.60 Å². The highest BCUT2D eigenvalue weighted by molar-refractivity contribution is 6.30. The molecule has 2 aromatic rings. The average molecular weight is 578 g/mol. The van der Waals surface area contributed by atoms with Gasteiger partial charge < -0.3 is 26.4 Å². The first-order valence-electron chi connectivity index (χ1n) is 14.1. The van der Waals surface area contributed by atoms with Gasteiger partial charge in [-0.15, -0.1) is 0 Å². The van der Waals surface area contributed by atoms with E-state index in [2.05, 4.69) is 30.4 Å². The lowest BCUT2D eigenvalue weighted by Gasteiger charge is -2.40. The minimum absolute atomic E-state index is 0.105. The van der Waals surface area contributed by atoms with Crippen molar-refractivity contribution in [2.75, 3.05) is 52.4 Å². The number of piperazine rings is 1. The lowest BCUT2D eigenvalue weighted by Crippen LogP contribution is -2.84. The van der Waals surface area contributed by atoms with Crippen LogP contribution in [0.1, 0.15) is 28.8 Å². The third-order valence-corrected chi connectivity index (χ3v) is 7.98. The van der Waals surface area contributed by atoms with Crippen LogP contribution in [0.15, 0.2) is 82.6 Å². The minimum atomic E-state index is -0.887. The molecule has 0 atom stereocenters. The number of amides is 1. The molecule has 0 bridgehead atoms. The first kappa shape index (κ1) is 29.0. The Morgan fingerprint density at radius 3 is 2.49 bits per heavy atom. The SMILES string of the molecule is NC(=Nc1ccc(C(=O)NCCN2CCNCC2)cc1)/N=C1\[NH2+]C=CC=C1N1CCC(O)(c2ccc(Cl)cc2)CC1. The number of quaternary nitrogens is 1. The van der Waals surface area contributed by atoms with Gasteiger partial charge >= 0.3 is 0 Å². The molecule has 10 nitrogen and oxygen atoms in total. The van der Waals surface area contributed by atoms with Crippen LogP contribution in [0.25, 0.3) is 0 Å². The van der Waals surface area contributed by atoms with Crippen molar-refractivity contribution < 1.29 is 15.2 Å². The molecule has 2 aromatic carbocycles. The largest absolute Gasteiger partial charge is 0.385 e. The first-order chi connectivity index (χ1) is 19.9. The number of guanidine groups is 1. The van der Waals surface area contributed by atoms with Crippen LogP contribution >= 0.6 is 11.6 Å². The van der Waals surface area contributed by atoms with E-state index in [1.807, 2.05) is 47.9 Å². The summed E-state index contributed by atoms with van der Waals surface area (Å²) in [6.45, 7) is 6.78. The standard InChI is InChI=1S/C30H37ClN8O2/c31-24-7-5-23(6-8-24)30(41)11-17-39(18-12-30)26-2-1-13-34-27(26)37-29(32)36-25-9-3-22(4-10-25)28(40)35-16-21-38-19-14-33-15-20-38/h1-10,13,33,41H,11-12,14-21H2,(H,35,40)(H3,32,34,36,37)/p+1. The second kappa shape index (κ2) is 13.4. The summed E-state index contributed by atoms with van der Waals surface area (Å²) in [6.07, 6.45) is 7.06. The number of allylic oxidation sites excluding steroid dienone is 2. The van der Waals surface area contributed by atoms with E-state index in [1.165, 1.54) is 0 Å². The molecule has 2 fully saturated rings. The van der Waals surface area contributed by atoms with Crippen LogP contribution in [0.4, 0.5) is 5.69 Å². The maximum Gasteiger partial charge on any atom is 0.256 e. The monoisotopic (exact) mass is 577 g/mol. The summed E-state index contributed by atoms with van der Waals surface area (Å²) in [6, 6.07) is 14.4. The molecular weight excluding hydrogens is 540 g/mol. The fraction of sp³-hybridized carbons (Fsp3) is 0.367. The first-order valence-corrected chi connectivity index (χ1v) is 14.5. The van der Waals surface area contributed by atoms with Crippen molar-refractivity contribution in [1.82, 2.24) is 20.4 Å². The number of amidine groups is 1. The maximum absolute atomic E-state index is 12.5. The number of aliphatic imine (C=N–C) groups is 2. The smallest absolute Gasteiger partial charge is 0.256 e. The number of nitrogens with zero attached hydrogens (tertiary/aromatic N) is 4. The van der Waals surface area contributed by atoms with Gasteiger partial charge in [-0.05, 0) is 67.0 Å². The predicted octanol–water partition coefficient (Wildman–Crippen LogP) is 1.28. The number of nitrogens with one attached hydrogen (secondary N) is 2. The Morgan fingerprint density at radius 1 is 1.07 bits per heavy atom. The van der Waals surface area contributed by atoms with Crippen LogP contribution in [-0.2, 0) is 5.60 Å². The Labute approximate surface area is 245 Å². The third kappa shape index (κ3) is 7.60. The molecule has 0 spiro atoms. The summed E-state index contributed by atoms with van der Waals surface area (Å²) in [7, 11) is 0. The van der Waals surface area contributed by atoms with Crippen molar-refractivity contribution >= 4 is 35.0 Å². The second-order valence-electron chi connectivity index (χ2n) is 10.5. The molecule has 0 aliphatic carbocycles. The zero-order valence-electron chi connectivity index (χ0n) is 23.1. The van der Waals surface area contributed by atoms with Gasteiger partial charge in [0.25, 0.3) is 11.7 Å². The molecule has 41 heavy (non-hydrogen) atoms. The van der Waals surface area contributed by atoms with E-state index in [9.17, 15) is 9.90 Å². The lowest BCUT2D eigenvalue weighted by molar-refractivity contribution is -0.462. The Balaban J connectivity index is 1.17. The molecule has 3 aliphatic heterocycles. The summed E-state index contributed by atoms with van der Waals surface area (Å²) < 4.78 is 0. The Hall–Kier alpha value is -3.54. The highest BCUT2D eigenvalue weighted by atomic mass is 35.5. The molecule has 216 valence electrons. The number of aliphatic hydroxyl groups is 1. The van der Waals surface area contributed by atoms with Crippen molar-refractivity contribution in [3.63, 3.8) is 0 Å². The average Bonchev–Trinajstić information content (AvgIpc) is 2.99. The predicted molar refractivity (Wildman–Crippen MR) is 162 cm³/mol. The molecule has 7 N–H and O–H groups in total. The lowest BCUT2D eigenvalue weighted by atomic mass is 9.84. The minimum Gasteiger partial charge on any atom is -0.385 e. The summed E-state index contributed by atoms with van der Waals surface area (Å²) in [5, 5.41) is 20.1. The molecule has 11 heteroatoms. The van der Waals surface area contributed by atoms with Gasteiger partial charge in [-0.1, -0.05) is 23.7 Å². The van der Waals surface area contributed by atoms with E-state index in [-0.39, 0.29) is 11.9 Å². The van der Waals surface area contributed by atoms with E-state index >= 15 is 0 Å². The summed E-state index contributed by atoms with van der Waals surface area (Å²) in [5.74, 6) is 0.735. The van der Waals surface area contributed by atoms with Crippen LogP contribution in [0.5, 0.6) is 0 Å². The van der Waals surface area contributed by atoms with Crippen molar-refractivity contribution in [2.45, 2.75) is 18.4 Å². The number of carbonyl (C=O) groups excluding carboxylic acids is 1. The Kier molecular flexibility index (Phi) is 9.48. The zero-order valence-corrected chi connectivity index (χ0v) is 23.9. The van der Waals surface area contributed by atoms with Gasteiger partial charge in [0.15, 0.2) is 0 Å². The molecule has 5 rings (SSSR count). The normalized spacial score (nSPS) is 20.6. The fourth-order valence-electron chi connectivity index (χ4n) is 5.32. The molecule has 0 radical (unpaired) electrons. The molecule has 2 saturated heterocycles. The Morgan fingerprint density at radius 2 is 1.78 bits per heavy atom. The topological polar surface area (TPSA) is 135 Å². The van der Waals surface area contributed by atoms with Gasteiger partial charge in [-0.2, -0.15) is 4.99 Å². The summed E-state index contributed by atoms with van der Waals surface area (Å²) >= 11 is 6.03. The van der Waals surface area contributed by atoms with Crippen LogP contribution in [0.3, 0.4) is 0 Å². The van der Waals surface area contributed by atoms with Crippen molar-refractivity contribution in [3.8, 4) is 0 Å². The number of rotatable bonds is 7. The van der Waals surface area contributed by atoms with E-state index in [1.54, 1.807) is 24.3 Å². The van der Waals surface area contributed by atoms with Gasteiger partial charge in [-0.25, -0.2) is 4.99 Å². The molecule has 0 unspecified atom stereocenters. The summed E-state index contributed by atoms with van der Waals surface area (Å²) in [4.78, 5) is 26.1. The Bertz CT molecular complexity index is 1320. The van der Waals surface area contributed by atoms with Gasteiger partial charge in [0.05, 0.1) is 17.5 Å². The van der Waals surface area contributed by atoms with Gasteiger partial charge in [0, 0.05) is 62.9 Å². The van der Waals surface area contributed by atoms with Crippen molar-refractivity contribution in [1.29, 1.82) is 0 Å². The number of hydrogen-bond acceptors (Lipinski definition) is 6. The number of benzene rings is 2. The number of piperidine rings is 1. The fourth-order valence-corrected chi connectivity index (χ4v) is 5.45. The molecular formula is C30H38ClN8O2+. The summed E-state index contributed by atoms with van der Waals surface area (Å²) in [5.41, 5.74) is 8.36. The van der Waals surface area contributed by atoms with Gasteiger partial charge in [0.2, 0.25) is 5.96 Å². The highest BCUT2D eigenvalue weighted by Gasteiger charge is 2.36. The van der Waals surface area contributed by atoms with Gasteiger partial charge in [-0.3, -0.25) is 15.0 Å². The molecule has 0 saturated carbocycles. The van der Waals surface area contributed by atoms with Crippen LogP contribution < -0.4 is 21.7 Å². The molecule has 3 heterocycles. The van der Waals surface area contributed by atoms with Crippen LogP contribution in [-0.4, -0.2) is 85.0 Å². The number of nitrogens with two attached hydrogens (primary N) is 2. The highest BCUT2D eigenvalue weighted by Crippen LogP contribution is 2.34. The third-order valence-electron chi connectivity index (χ3n) is 7.73. The van der Waals surface area contributed by atoms with Crippen molar-refractivity contribution in [3.05, 3.63) is 88.7 Å².